The molecule has 0 aliphatic carbocycles. The van der Waals surface area contributed by atoms with Gasteiger partial charge in [0.15, 0.2) is 6.61 Å². The van der Waals surface area contributed by atoms with Gasteiger partial charge >= 0.3 is 0 Å². The fourth-order valence-corrected chi connectivity index (χ4v) is 3.12. The van der Waals surface area contributed by atoms with Crippen LogP contribution in [-0.4, -0.2) is 60.0 Å². The summed E-state index contributed by atoms with van der Waals surface area (Å²) in [5, 5.41) is 0. The molecule has 0 bridgehead atoms. The molecule has 0 atom stereocenters. The van der Waals surface area contributed by atoms with E-state index in [1.807, 2.05) is 41.6 Å². The van der Waals surface area contributed by atoms with Gasteiger partial charge in [-0.2, -0.15) is 0 Å². The summed E-state index contributed by atoms with van der Waals surface area (Å²) in [5.74, 6) is 0.824. The Balaban J connectivity index is 0.00000261. The maximum absolute atomic E-state index is 12.4. The van der Waals surface area contributed by atoms with Crippen molar-refractivity contribution in [1.82, 2.24) is 14.8 Å². The summed E-state index contributed by atoms with van der Waals surface area (Å²) >= 11 is 0. The lowest BCUT2D eigenvalue weighted by atomic mass is 10.2. The zero-order valence-corrected chi connectivity index (χ0v) is 16.7. The Morgan fingerprint density at radius 3 is 2.30 bits per heavy atom. The van der Waals surface area contributed by atoms with Gasteiger partial charge in [0.25, 0.3) is 5.91 Å². The van der Waals surface area contributed by atoms with Gasteiger partial charge in [-0.25, -0.2) is 0 Å². The number of nitrogens with zero attached hydrogens (tertiary/aromatic N) is 3. The molecule has 27 heavy (non-hydrogen) atoms. The van der Waals surface area contributed by atoms with Crippen molar-refractivity contribution in [3.05, 3.63) is 59.9 Å². The molecule has 0 radical (unpaired) electrons. The number of benzene rings is 1. The number of aryl methyl sites for hydroxylation is 1. The van der Waals surface area contributed by atoms with E-state index in [1.165, 1.54) is 11.1 Å². The molecule has 3 rings (SSSR count). The van der Waals surface area contributed by atoms with Gasteiger partial charge < -0.3 is 9.64 Å². The molecule has 0 unspecified atom stereocenters. The SMILES string of the molecule is CCc1ccc(OCC(=O)N2CCN(CCc3ccncc3)CC2)cc1.Cl. The van der Waals surface area contributed by atoms with Gasteiger partial charge in [0.2, 0.25) is 0 Å². The molecule has 1 fully saturated rings. The van der Waals surface area contributed by atoms with E-state index >= 15 is 0 Å². The van der Waals surface area contributed by atoms with Gasteiger partial charge in [-0.05, 0) is 48.2 Å². The van der Waals surface area contributed by atoms with Crippen molar-refractivity contribution in [2.24, 2.45) is 0 Å². The first-order valence-electron chi connectivity index (χ1n) is 9.35. The third kappa shape index (κ3) is 6.52. The van der Waals surface area contributed by atoms with E-state index in [2.05, 4.69) is 28.9 Å². The predicted molar refractivity (Wildman–Crippen MR) is 110 cm³/mol. The van der Waals surface area contributed by atoms with E-state index in [0.717, 1.165) is 51.3 Å². The van der Waals surface area contributed by atoms with Gasteiger partial charge in [0.1, 0.15) is 5.75 Å². The van der Waals surface area contributed by atoms with Crippen LogP contribution in [0.25, 0.3) is 0 Å². The Bertz CT molecular complexity index is 686. The van der Waals surface area contributed by atoms with Crippen LogP contribution in [-0.2, 0) is 17.6 Å². The van der Waals surface area contributed by atoms with Crippen LogP contribution in [0.3, 0.4) is 0 Å². The van der Waals surface area contributed by atoms with E-state index in [9.17, 15) is 4.79 Å². The molecule has 5 nitrogen and oxygen atoms in total. The molecule has 0 saturated carbocycles. The summed E-state index contributed by atoms with van der Waals surface area (Å²) in [4.78, 5) is 20.7. The van der Waals surface area contributed by atoms with Crippen molar-refractivity contribution in [3.8, 4) is 5.75 Å². The van der Waals surface area contributed by atoms with Crippen LogP contribution in [0.1, 0.15) is 18.1 Å². The highest BCUT2D eigenvalue weighted by Crippen LogP contribution is 2.13. The number of hydrogen-bond acceptors (Lipinski definition) is 4. The molecule has 1 aromatic heterocycles. The Morgan fingerprint density at radius 1 is 1.00 bits per heavy atom. The average molecular weight is 390 g/mol. The second-order valence-corrected chi connectivity index (χ2v) is 6.61. The molecule has 2 heterocycles. The Morgan fingerprint density at radius 2 is 1.67 bits per heavy atom. The molecule has 1 aliphatic rings. The Hall–Kier alpha value is -2.11. The largest absolute Gasteiger partial charge is 0.484 e. The fraction of sp³-hybridized carbons (Fsp3) is 0.429. The normalized spacial score (nSPS) is 14.5. The molecule has 1 amide bonds. The number of carbonyl (C=O) groups is 1. The summed E-state index contributed by atoms with van der Waals surface area (Å²) in [6.45, 7) is 6.63. The van der Waals surface area contributed by atoms with Crippen molar-refractivity contribution < 1.29 is 9.53 Å². The molecular formula is C21H28ClN3O2. The Kier molecular flexibility index (Phi) is 8.55. The van der Waals surface area contributed by atoms with Gasteiger partial charge in [0, 0.05) is 45.1 Å². The van der Waals surface area contributed by atoms with Crippen molar-refractivity contribution >= 4 is 18.3 Å². The number of pyridine rings is 1. The number of aromatic nitrogens is 1. The fourth-order valence-electron chi connectivity index (χ4n) is 3.12. The lowest BCUT2D eigenvalue weighted by Gasteiger charge is -2.34. The number of hydrogen-bond donors (Lipinski definition) is 0. The van der Waals surface area contributed by atoms with Crippen LogP contribution in [0.5, 0.6) is 5.75 Å². The van der Waals surface area contributed by atoms with Crippen molar-refractivity contribution in [2.45, 2.75) is 19.8 Å². The first kappa shape index (κ1) is 21.2. The van der Waals surface area contributed by atoms with Crippen molar-refractivity contribution in [3.63, 3.8) is 0 Å². The van der Waals surface area contributed by atoms with Gasteiger partial charge in [0.05, 0.1) is 0 Å². The Labute approximate surface area is 167 Å². The van der Waals surface area contributed by atoms with Crippen LogP contribution >= 0.6 is 12.4 Å². The molecule has 1 aromatic carbocycles. The first-order chi connectivity index (χ1) is 12.7. The standard InChI is InChI=1S/C21H27N3O2.ClH/c1-2-18-3-5-20(6-4-18)26-17-21(25)24-15-13-23(14-16-24)12-9-19-7-10-22-11-8-19;/h3-8,10-11H,2,9,12-17H2,1H3;1H. The third-order valence-corrected chi connectivity index (χ3v) is 4.88. The van der Waals surface area contributed by atoms with Gasteiger partial charge in [-0.3, -0.25) is 14.7 Å². The molecule has 1 aliphatic heterocycles. The molecule has 146 valence electrons. The van der Waals surface area contributed by atoms with E-state index < -0.39 is 0 Å². The van der Waals surface area contributed by atoms with E-state index in [1.54, 1.807) is 0 Å². The van der Waals surface area contributed by atoms with Crippen LogP contribution < -0.4 is 4.74 Å². The van der Waals surface area contributed by atoms with Crippen LogP contribution in [0.15, 0.2) is 48.8 Å². The van der Waals surface area contributed by atoms with Gasteiger partial charge in [-0.15, -0.1) is 12.4 Å². The number of rotatable bonds is 7. The third-order valence-electron chi connectivity index (χ3n) is 4.88. The minimum absolute atomic E-state index is 0. The lowest BCUT2D eigenvalue weighted by Crippen LogP contribution is -2.50. The topological polar surface area (TPSA) is 45.7 Å². The number of piperazine rings is 1. The quantitative estimate of drug-likeness (QED) is 0.730. The lowest BCUT2D eigenvalue weighted by molar-refractivity contribution is -0.135. The van der Waals surface area contributed by atoms with Gasteiger partial charge in [-0.1, -0.05) is 19.1 Å². The summed E-state index contributed by atoms with van der Waals surface area (Å²) in [7, 11) is 0. The highest BCUT2D eigenvalue weighted by Gasteiger charge is 2.21. The zero-order valence-electron chi connectivity index (χ0n) is 15.8. The average Bonchev–Trinajstić information content (AvgIpc) is 2.72. The minimum Gasteiger partial charge on any atom is -0.484 e. The van der Waals surface area contributed by atoms with E-state index in [-0.39, 0.29) is 24.9 Å². The molecular weight excluding hydrogens is 362 g/mol. The summed E-state index contributed by atoms with van der Waals surface area (Å²) < 4.78 is 5.64. The maximum Gasteiger partial charge on any atom is 0.260 e. The monoisotopic (exact) mass is 389 g/mol. The second kappa shape index (κ2) is 10.9. The molecule has 6 heteroatoms. The number of halogens is 1. The van der Waals surface area contributed by atoms with Crippen LogP contribution in [0.2, 0.25) is 0 Å². The summed E-state index contributed by atoms with van der Waals surface area (Å²) in [6, 6.07) is 12.1. The van der Waals surface area contributed by atoms with Crippen molar-refractivity contribution in [2.75, 3.05) is 39.3 Å². The minimum atomic E-state index is 0. The molecule has 0 N–H and O–H groups in total. The molecule has 2 aromatic rings. The molecule has 0 spiro atoms. The zero-order chi connectivity index (χ0) is 18.2. The van der Waals surface area contributed by atoms with Crippen LogP contribution in [0.4, 0.5) is 0 Å². The number of carbonyl (C=O) groups excluding carboxylic acids is 1. The number of ether oxygens (including phenoxy) is 1. The summed E-state index contributed by atoms with van der Waals surface area (Å²) in [5.41, 5.74) is 2.58. The predicted octanol–water partition coefficient (Wildman–Crippen LogP) is 2.83. The van der Waals surface area contributed by atoms with Crippen LogP contribution in [0, 0.1) is 0 Å². The second-order valence-electron chi connectivity index (χ2n) is 6.61. The summed E-state index contributed by atoms with van der Waals surface area (Å²) in [6.07, 6.45) is 5.70. The highest BCUT2D eigenvalue weighted by atomic mass is 35.5. The highest BCUT2D eigenvalue weighted by molar-refractivity contribution is 5.85. The number of amides is 1. The maximum atomic E-state index is 12.4. The van der Waals surface area contributed by atoms with Crippen molar-refractivity contribution in [1.29, 1.82) is 0 Å². The molecule has 1 saturated heterocycles. The van der Waals surface area contributed by atoms with E-state index in [4.69, 9.17) is 4.74 Å². The first-order valence-corrected chi connectivity index (χ1v) is 9.35. The van der Waals surface area contributed by atoms with E-state index in [0.29, 0.717) is 0 Å². The smallest absolute Gasteiger partial charge is 0.260 e.